The predicted molar refractivity (Wildman–Crippen MR) is 65.9 cm³/mol. The van der Waals surface area contributed by atoms with E-state index >= 15 is 0 Å². The molecule has 0 aromatic rings. The topological polar surface area (TPSA) is 108 Å². The molecule has 0 heterocycles. The second kappa shape index (κ2) is 7.08. The van der Waals surface area contributed by atoms with E-state index in [9.17, 15) is 14.4 Å². The number of amides is 1. The van der Waals surface area contributed by atoms with E-state index in [0.29, 0.717) is 12.8 Å². The molecule has 7 nitrogen and oxygen atoms in total. The number of carbonyl (C=O) groups excluding carboxylic acids is 3. The summed E-state index contributed by atoms with van der Waals surface area (Å²) in [6, 6.07) is -0.991. The Balaban J connectivity index is 2.58. The summed E-state index contributed by atoms with van der Waals surface area (Å²) in [6.45, 7) is 0. The van der Waals surface area contributed by atoms with Crippen LogP contribution in [0.25, 0.3) is 0 Å². The highest BCUT2D eigenvalue weighted by molar-refractivity contribution is 5.88. The zero-order chi connectivity index (χ0) is 14.4. The Morgan fingerprint density at radius 3 is 2.42 bits per heavy atom. The summed E-state index contributed by atoms with van der Waals surface area (Å²) in [5.74, 6) is -1.73. The summed E-state index contributed by atoms with van der Waals surface area (Å²) in [6.07, 6.45) is 1.84. The summed E-state index contributed by atoms with van der Waals surface area (Å²) in [5, 5.41) is 2.53. The summed E-state index contributed by atoms with van der Waals surface area (Å²) < 4.78 is 9.04. The minimum absolute atomic E-state index is 0.0212. The van der Waals surface area contributed by atoms with Crippen molar-refractivity contribution in [3.63, 3.8) is 0 Å². The second-order valence-corrected chi connectivity index (χ2v) is 4.63. The molecule has 7 heteroatoms. The van der Waals surface area contributed by atoms with Crippen molar-refractivity contribution >= 4 is 17.8 Å². The molecule has 1 fully saturated rings. The summed E-state index contributed by atoms with van der Waals surface area (Å²) in [5.41, 5.74) is 5.74. The van der Waals surface area contributed by atoms with Crippen LogP contribution in [-0.2, 0) is 23.9 Å². The molecular formula is C12H20N2O5. The van der Waals surface area contributed by atoms with E-state index in [1.165, 1.54) is 14.2 Å². The van der Waals surface area contributed by atoms with Crippen LogP contribution in [0.4, 0.5) is 0 Å². The molecule has 3 unspecified atom stereocenters. The maximum atomic E-state index is 12.0. The maximum absolute atomic E-state index is 12.0. The van der Waals surface area contributed by atoms with Crippen LogP contribution in [0, 0.1) is 5.92 Å². The van der Waals surface area contributed by atoms with Gasteiger partial charge in [-0.3, -0.25) is 9.59 Å². The molecule has 3 N–H and O–H groups in total. The Kier molecular flexibility index (Phi) is 5.75. The minimum Gasteiger partial charge on any atom is -0.469 e. The van der Waals surface area contributed by atoms with E-state index in [2.05, 4.69) is 14.8 Å². The van der Waals surface area contributed by atoms with Crippen LogP contribution in [0.5, 0.6) is 0 Å². The third kappa shape index (κ3) is 4.51. The van der Waals surface area contributed by atoms with Crippen molar-refractivity contribution in [3.8, 4) is 0 Å². The zero-order valence-electron chi connectivity index (χ0n) is 11.2. The van der Waals surface area contributed by atoms with Crippen molar-refractivity contribution in [1.82, 2.24) is 5.32 Å². The standard InChI is InChI=1S/C12H20N2O5/c1-18-10(15)6-9(12(17)19-2)14-11(16)7-3-4-8(13)5-7/h7-9H,3-6,13H2,1-2H3,(H,14,16). The number of nitrogens with two attached hydrogens (primary N) is 1. The number of hydrogen-bond acceptors (Lipinski definition) is 6. The lowest BCUT2D eigenvalue weighted by molar-refractivity contribution is -0.151. The second-order valence-electron chi connectivity index (χ2n) is 4.63. The number of esters is 2. The average Bonchev–Trinajstić information content (AvgIpc) is 2.83. The molecule has 0 radical (unpaired) electrons. The van der Waals surface area contributed by atoms with Crippen LogP contribution < -0.4 is 11.1 Å². The van der Waals surface area contributed by atoms with E-state index < -0.39 is 18.0 Å². The highest BCUT2D eigenvalue weighted by Gasteiger charge is 2.32. The smallest absolute Gasteiger partial charge is 0.328 e. The average molecular weight is 272 g/mol. The first kappa shape index (κ1) is 15.4. The van der Waals surface area contributed by atoms with Crippen molar-refractivity contribution in [2.75, 3.05) is 14.2 Å². The summed E-state index contributed by atoms with van der Waals surface area (Å²) in [7, 11) is 2.42. The number of methoxy groups -OCH3 is 2. The Bertz CT molecular complexity index is 358. The van der Waals surface area contributed by atoms with Crippen molar-refractivity contribution in [2.45, 2.75) is 37.8 Å². The minimum atomic E-state index is -1.01. The van der Waals surface area contributed by atoms with Gasteiger partial charge in [0.15, 0.2) is 0 Å². The number of carbonyl (C=O) groups is 3. The molecular weight excluding hydrogens is 252 g/mol. The third-order valence-electron chi connectivity index (χ3n) is 3.24. The SMILES string of the molecule is COC(=O)CC(NC(=O)C1CCC(N)C1)C(=O)OC. The molecule has 0 aliphatic heterocycles. The zero-order valence-corrected chi connectivity index (χ0v) is 11.2. The number of nitrogens with one attached hydrogen (secondary N) is 1. The molecule has 0 bridgehead atoms. The van der Waals surface area contributed by atoms with E-state index in [1.807, 2.05) is 0 Å². The fraction of sp³-hybridized carbons (Fsp3) is 0.750. The normalized spacial score (nSPS) is 23.5. The molecule has 19 heavy (non-hydrogen) atoms. The van der Waals surface area contributed by atoms with Gasteiger partial charge in [-0.15, -0.1) is 0 Å². The highest BCUT2D eigenvalue weighted by Crippen LogP contribution is 2.24. The van der Waals surface area contributed by atoms with Gasteiger partial charge in [-0.1, -0.05) is 0 Å². The molecule has 108 valence electrons. The largest absolute Gasteiger partial charge is 0.469 e. The monoisotopic (exact) mass is 272 g/mol. The van der Waals surface area contributed by atoms with E-state index in [4.69, 9.17) is 5.73 Å². The molecule has 1 saturated carbocycles. The van der Waals surface area contributed by atoms with Gasteiger partial charge < -0.3 is 20.5 Å². The lowest BCUT2D eigenvalue weighted by Crippen LogP contribution is -2.45. The van der Waals surface area contributed by atoms with Gasteiger partial charge in [0.25, 0.3) is 0 Å². The van der Waals surface area contributed by atoms with Gasteiger partial charge in [0.1, 0.15) is 6.04 Å². The van der Waals surface area contributed by atoms with Crippen LogP contribution in [0.1, 0.15) is 25.7 Å². The Morgan fingerprint density at radius 1 is 1.26 bits per heavy atom. The third-order valence-corrected chi connectivity index (χ3v) is 3.24. The Hall–Kier alpha value is -1.63. The first-order chi connectivity index (χ1) is 8.97. The highest BCUT2D eigenvalue weighted by atomic mass is 16.5. The van der Waals surface area contributed by atoms with Crippen LogP contribution >= 0.6 is 0 Å². The van der Waals surface area contributed by atoms with E-state index in [1.54, 1.807) is 0 Å². The molecule has 0 aromatic carbocycles. The van der Waals surface area contributed by atoms with Crippen molar-refractivity contribution in [3.05, 3.63) is 0 Å². The number of hydrogen-bond donors (Lipinski definition) is 2. The van der Waals surface area contributed by atoms with Crippen molar-refractivity contribution in [2.24, 2.45) is 11.7 Å². The van der Waals surface area contributed by atoms with Crippen LogP contribution in [0.2, 0.25) is 0 Å². The Labute approximate surface area is 111 Å². The van der Waals surface area contributed by atoms with E-state index in [0.717, 1.165) is 6.42 Å². The van der Waals surface area contributed by atoms with Gasteiger partial charge in [0.05, 0.1) is 20.6 Å². The summed E-state index contributed by atoms with van der Waals surface area (Å²) >= 11 is 0. The van der Waals surface area contributed by atoms with Crippen molar-refractivity contribution < 1.29 is 23.9 Å². The first-order valence-electron chi connectivity index (χ1n) is 6.18. The summed E-state index contributed by atoms with van der Waals surface area (Å²) in [4.78, 5) is 34.7. The molecule has 1 rings (SSSR count). The number of rotatable bonds is 5. The molecule has 0 saturated heterocycles. The maximum Gasteiger partial charge on any atom is 0.328 e. The van der Waals surface area contributed by atoms with Gasteiger partial charge in [-0.2, -0.15) is 0 Å². The molecule has 1 aliphatic carbocycles. The van der Waals surface area contributed by atoms with Crippen LogP contribution in [0.3, 0.4) is 0 Å². The Morgan fingerprint density at radius 2 is 1.95 bits per heavy atom. The van der Waals surface area contributed by atoms with Gasteiger partial charge >= 0.3 is 11.9 Å². The molecule has 0 spiro atoms. The lowest BCUT2D eigenvalue weighted by atomic mass is 10.1. The van der Waals surface area contributed by atoms with Crippen LogP contribution in [-0.4, -0.2) is 44.1 Å². The number of ether oxygens (including phenoxy) is 2. The molecule has 3 atom stereocenters. The van der Waals surface area contributed by atoms with E-state index in [-0.39, 0.29) is 24.3 Å². The van der Waals surface area contributed by atoms with Gasteiger partial charge in [-0.05, 0) is 19.3 Å². The quantitative estimate of drug-likeness (QED) is 0.643. The fourth-order valence-corrected chi connectivity index (χ4v) is 2.13. The molecule has 1 aliphatic rings. The molecule has 0 aromatic heterocycles. The van der Waals surface area contributed by atoms with Gasteiger partial charge in [-0.25, -0.2) is 4.79 Å². The molecule has 1 amide bonds. The van der Waals surface area contributed by atoms with Crippen LogP contribution in [0.15, 0.2) is 0 Å². The lowest BCUT2D eigenvalue weighted by Gasteiger charge is -2.18. The first-order valence-corrected chi connectivity index (χ1v) is 6.18. The van der Waals surface area contributed by atoms with Crippen molar-refractivity contribution in [1.29, 1.82) is 0 Å². The fourth-order valence-electron chi connectivity index (χ4n) is 2.13. The predicted octanol–water partition coefficient (Wildman–Crippen LogP) is -0.665. The van der Waals surface area contributed by atoms with Gasteiger partial charge in [0.2, 0.25) is 5.91 Å². The van der Waals surface area contributed by atoms with Gasteiger partial charge in [0, 0.05) is 12.0 Å².